The molecule has 0 aliphatic carbocycles. The Morgan fingerprint density at radius 3 is 2.00 bits per heavy atom. The predicted octanol–water partition coefficient (Wildman–Crippen LogP) is 2.43. The third-order valence-electron chi connectivity index (χ3n) is 1.03. The Kier molecular flexibility index (Phi) is 4.02. The first-order valence-electron chi connectivity index (χ1n) is 3.47. The highest BCUT2D eigenvalue weighted by Gasteiger charge is 1.95. The van der Waals surface area contributed by atoms with E-state index in [1.54, 1.807) is 0 Å². The topological polar surface area (TPSA) is 12.4 Å². The van der Waals surface area contributed by atoms with Gasteiger partial charge in [0.1, 0.15) is 0 Å². The van der Waals surface area contributed by atoms with Gasteiger partial charge in [0.2, 0.25) is 0 Å². The molecular weight excluding hydrogens is 110 g/mol. The first-order valence-corrected chi connectivity index (χ1v) is 3.47. The van der Waals surface area contributed by atoms with Gasteiger partial charge < -0.3 is 0 Å². The van der Waals surface area contributed by atoms with Crippen molar-refractivity contribution in [2.24, 2.45) is 4.99 Å². The summed E-state index contributed by atoms with van der Waals surface area (Å²) in [5, 5.41) is 0. The molecule has 0 N–H and O–H groups in total. The van der Waals surface area contributed by atoms with Crippen LogP contribution < -0.4 is 0 Å². The number of rotatable bonds is 0. The van der Waals surface area contributed by atoms with E-state index >= 15 is 0 Å². The second-order valence-electron chi connectivity index (χ2n) is 1.95. The maximum Gasteiger partial charge on any atom is 0.0603 e. The molecule has 1 heteroatoms. The largest absolute Gasteiger partial charge is 0.286 e. The van der Waals surface area contributed by atoms with Gasteiger partial charge in [0.05, 0.1) is 6.54 Å². The van der Waals surface area contributed by atoms with Crippen LogP contribution in [0.1, 0.15) is 27.7 Å². The number of hydrogen-bond acceptors (Lipinski definition) is 1. The SMILES string of the molecule is CC.CC1=CC(C)=NC1. The highest BCUT2D eigenvalue weighted by Crippen LogP contribution is 2.01. The minimum Gasteiger partial charge on any atom is -0.286 e. The lowest BCUT2D eigenvalue weighted by Crippen LogP contribution is -1.73. The number of nitrogens with zero attached hydrogens (tertiary/aromatic N) is 1. The van der Waals surface area contributed by atoms with Gasteiger partial charge in [0.15, 0.2) is 0 Å². The zero-order valence-corrected chi connectivity index (χ0v) is 6.73. The molecule has 1 heterocycles. The summed E-state index contributed by atoms with van der Waals surface area (Å²) in [6.07, 6.45) is 2.11. The number of allylic oxidation sites excluding steroid dienone is 1. The fourth-order valence-electron chi connectivity index (χ4n) is 0.697. The Bertz CT molecular complexity index is 132. The van der Waals surface area contributed by atoms with Crippen molar-refractivity contribution < 1.29 is 0 Å². The van der Waals surface area contributed by atoms with E-state index in [-0.39, 0.29) is 0 Å². The lowest BCUT2D eigenvalue weighted by Gasteiger charge is -1.77. The first-order chi connectivity index (χ1) is 4.29. The second-order valence-corrected chi connectivity index (χ2v) is 1.95. The maximum absolute atomic E-state index is 4.14. The lowest BCUT2D eigenvalue weighted by atomic mass is 10.3. The zero-order chi connectivity index (χ0) is 7.28. The highest BCUT2D eigenvalue weighted by molar-refractivity contribution is 5.95. The van der Waals surface area contributed by atoms with Crippen molar-refractivity contribution in [2.45, 2.75) is 27.7 Å². The molecule has 0 amide bonds. The smallest absolute Gasteiger partial charge is 0.0603 e. The molecular formula is C8H15N. The number of hydrogen-bond donors (Lipinski definition) is 0. The van der Waals surface area contributed by atoms with Crippen molar-refractivity contribution in [1.82, 2.24) is 0 Å². The van der Waals surface area contributed by atoms with Crippen molar-refractivity contribution >= 4 is 5.71 Å². The predicted molar refractivity (Wildman–Crippen MR) is 43.1 cm³/mol. The molecule has 1 nitrogen and oxygen atoms in total. The van der Waals surface area contributed by atoms with Crippen LogP contribution in [0.4, 0.5) is 0 Å². The molecule has 9 heavy (non-hydrogen) atoms. The normalized spacial score (nSPS) is 15.6. The Morgan fingerprint density at radius 2 is 1.89 bits per heavy atom. The summed E-state index contributed by atoms with van der Waals surface area (Å²) in [5.74, 6) is 0. The summed E-state index contributed by atoms with van der Waals surface area (Å²) in [7, 11) is 0. The molecule has 0 aromatic carbocycles. The molecule has 0 aromatic rings. The molecule has 1 aliphatic rings. The minimum atomic E-state index is 0.922. The third kappa shape index (κ3) is 3.07. The number of aliphatic imine (C=N–C) groups is 1. The summed E-state index contributed by atoms with van der Waals surface area (Å²) in [5.41, 5.74) is 2.54. The fraction of sp³-hybridized carbons (Fsp3) is 0.625. The van der Waals surface area contributed by atoms with E-state index in [2.05, 4.69) is 18.0 Å². The van der Waals surface area contributed by atoms with E-state index in [1.807, 2.05) is 20.8 Å². The Labute approximate surface area is 57.5 Å². The van der Waals surface area contributed by atoms with Crippen molar-refractivity contribution in [2.75, 3.05) is 6.54 Å². The monoisotopic (exact) mass is 125 g/mol. The average molecular weight is 125 g/mol. The zero-order valence-electron chi connectivity index (χ0n) is 6.73. The molecule has 0 aromatic heterocycles. The van der Waals surface area contributed by atoms with Crippen LogP contribution in [-0.2, 0) is 0 Å². The molecule has 0 spiro atoms. The van der Waals surface area contributed by atoms with Gasteiger partial charge in [-0.15, -0.1) is 0 Å². The molecule has 0 radical (unpaired) electrons. The maximum atomic E-state index is 4.14. The lowest BCUT2D eigenvalue weighted by molar-refractivity contribution is 1.17. The summed E-state index contributed by atoms with van der Waals surface area (Å²) in [4.78, 5) is 4.14. The summed E-state index contributed by atoms with van der Waals surface area (Å²) in [6, 6.07) is 0. The van der Waals surface area contributed by atoms with E-state index in [9.17, 15) is 0 Å². The van der Waals surface area contributed by atoms with Gasteiger partial charge in [-0.2, -0.15) is 0 Å². The molecule has 0 bridgehead atoms. The van der Waals surface area contributed by atoms with E-state index in [4.69, 9.17) is 0 Å². The van der Waals surface area contributed by atoms with Crippen LogP contribution in [0.15, 0.2) is 16.6 Å². The van der Waals surface area contributed by atoms with Gasteiger partial charge in [-0.3, -0.25) is 4.99 Å². The van der Waals surface area contributed by atoms with E-state index in [0.717, 1.165) is 12.3 Å². The van der Waals surface area contributed by atoms with Gasteiger partial charge in [0.25, 0.3) is 0 Å². The Hall–Kier alpha value is -0.590. The van der Waals surface area contributed by atoms with E-state index in [0.29, 0.717) is 0 Å². The van der Waals surface area contributed by atoms with Crippen LogP contribution in [0, 0.1) is 0 Å². The second kappa shape index (κ2) is 4.30. The molecule has 0 fully saturated rings. The summed E-state index contributed by atoms with van der Waals surface area (Å²) in [6.45, 7) is 9.04. The average Bonchev–Trinajstić information content (AvgIpc) is 2.20. The van der Waals surface area contributed by atoms with E-state index < -0.39 is 0 Å². The summed E-state index contributed by atoms with van der Waals surface area (Å²) >= 11 is 0. The van der Waals surface area contributed by atoms with Gasteiger partial charge in [0, 0.05) is 5.71 Å². The quantitative estimate of drug-likeness (QED) is 0.471. The molecule has 0 saturated heterocycles. The van der Waals surface area contributed by atoms with Gasteiger partial charge in [-0.25, -0.2) is 0 Å². The van der Waals surface area contributed by atoms with Crippen molar-refractivity contribution in [3.8, 4) is 0 Å². The van der Waals surface area contributed by atoms with Gasteiger partial charge in [-0.05, 0) is 19.9 Å². The van der Waals surface area contributed by atoms with Crippen LogP contribution in [-0.4, -0.2) is 12.3 Å². The van der Waals surface area contributed by atoms with Crippen LogP contribution in [0.3, 0.4) is 0 Å². The fourth-order valence-corrected chi connectivity index (χ4v) is 0.697. The molecule has 0 saturated carbocycles. The highest BCUT2D eigenvalue weighted by atomic mass is 14.7. The molecule has 0 atom stereocenters. The Morgan fingerprint density at radius 1 is 1.33 bits per heavy atom. The Balaban J connectivity index is 0.000000291. The third-order valence-corrected chi connectivity index (χ3v) is 1.03. The molecule has 0 unspecified atom stereocenters. The molecule has 1 aliphatic heterocycles. The van der Waals surface area contributed by atoms with Crippen LogP contribution >= 0.6 is 0 Å². The summed E-state index contributed by atoms with van der Waals surface area (Å²) < 4.78 is 0. The van der Waals surface area contributed by atoms with Crippen molar-refractivity contribution in [3.63, 3.8) is 0 Å². The van der Waals surface area contributed by atoms with Crippen molar-refractivity contribution in [3.05, 3.63) is 11.6 Å². The molecule has 52 valence electrons. The minimum absolute atomic E-state index is 0.922. The van der Waals surface area contributed by atoms with Gasteiger partial charge in [-0.1, -0.05) is 19.4 Å². The van der Waals surface area contributed by atoms with Crippen LogP contribution in [0.5, 0.6) is 0 Å². The van der Waals surface area contributed by atoms with Crippen LogP contribution in [0.2, 0.25) is 0 Å². The first kappa shape index (κ1) is 8.41. The van der Waals surface area contributed by atoms with Crippen molar-refractivity contribution in [1.29, 1.82) is 0 Å². The van der Waals surface area contributed by atoms with E-state index in [1.165, 1.54) is 5.57 Å². The molecule has 1 rings (SSSR count). The van der Waals surface area contributed by atoms with Crippen LogP contribution in [0.25, 0.3) is 0 Å². The standard InChI is InChI=1S/C6H9N.C2H6/c1-5-3-6(2)7-4-5;1-2/h3H,4H2,1-2H3;1-2H3. The van der Waals surface area contributed by atoms with Gasteiger partial charge >= 0.3 is 0 Å².